The van der Waals surface area contributed by atoms with Gasteiger partial charge in [-0.1, -0.05) is 55.1 Å². The van der Waals surface area contributed by atoms with Crippen molar-refractivity contribution in [3.05, 3.63) is 123 Å². The molecular weight excluding hydrogens is 504 g/mol. The number of benzene rings is 2. The van der Waals surface area contributed by atoms with Crippen molar-refractivity contribution in [3.8, 4) is 5.75 Å². The number of nitrogens with zero attached hydrogens (tertiary/aromatic N) is 2. The summed E-state index contributed by atoms with van der Waals surface area (Å²) in [6.45, 7) is 7.36. The van der Waals surface area contributed by atoms with Gasteiger partial charge in [0, 0.05) is 36.5 Å². The van der Waals surface area contributed by atoms with E-state index in [0.717, 1.165) is 11.6 Å². The Morgan fingerprint density at radius 1 is 1.15 bits per heavy atom. The summed E-state index contributed by atoms with van der Waals surface area (Å²) in [4.78, 5) is 42.2. The number of pyridine rings is 1. The standard InChI is InChI=1S/C30H27F2N3O4/c1-17-9-10-18(2)34-15-24(17)35-14-22(29(37)33-13-21-11-12-23(31)19(3)25(21)32)27(36)28(26(35)30(34)38)39-16-20-7-5-4-6-8-20/h4-12,14,18,24H,1,13,15-16H2,2-3H3,(H,33,37). The summed E-state index contributed by atoms with van der Waals surface area (Å²) in [5.41, 5.74) is 0.397. The number of carbonyl (C=O) groups excluding carboxylic acids is 2. The molecule has 0 spiro atoms. The number of allylic oxidation sites excluding steroid dienone is 1. The largest absolute Gasteiger partial charge is 0.483 e. The molecule has 2 aliphatic heterocycles. The van der Waals surface area contributed by atoms with Crippen LogP contribution in [0.2, 0.25) is 0 Å². The van der Waals surface area contributed by atoms with E-state index in [1.54, 1.807) is 9.47 Å². The van der Waals surface area contributed by atoms with Gasteiger partial charge in [0.1, 0.15) is 23.8 Å². The van der Waals surface area contributed by atoms with Crippen LogP contribution in [0, 0.1) is 18.6 Å². The fourth-order valence-electron chi connectivity index (χ4n) is 4.83. The van der Waals surface area contributed by atoms with Gasteiger partial charge in [0.05, 0.1) is 6.04 Å². The molecule has 7 nitrogen and oxygen atoms in total. The van der Waals surface area contributed by atoms with Gasteiger partial charge in [-0.15, -0.1) is 0 Å². The third-order valence-electron chi connectivity index (χ3n) is 7.18. The average Bonchev–Trinajstić information content (AvgIpc) is 3.06. The van der Waals surface area contributed by atoms with Gasteiger partial charge < -0.3 is 19.5 Å². The summed E-state index contributed by atoms with van der Waals surface area (Å²) in [5.74, 6) is -2.88. The summed E-state index contributed by atoms with van der Waals surface area (Å²) in [7, 11) is 0. The predicted molar refractivity (Wildman–Crippen MR) is 142 cm³/mol. The van der Waals surface area contributed by atoms with Crippen LogP contribution < -0.4 is 15.5 Å². The number of carbonyl (C=O) groups is 2. The van der Waals surface area contributed by atoms with Crippen LogP contribution in [-0.4, -0.2) is 33.9 Å². The monoisotopic (exact) mass is 531 g/mol. The molecule has 3 heterocycles. The summed E-state index contributed by atoms with van der Waals surface area (Å²) in [6, 6.07) is 10.8. The maximum absolute atomic E-state index is 14.5. The van der Waals surface area contributed by atoms with Crippen LogP contribution in [0.4, 0.5) is 8.78 Å². The minimum absolute atomic E-state index is 0.000909. The van der Waals surface area contributed by atoms with E-state index in [9.17, 15) is 23.2 Å². The maximum Gasteiger partial charge on any atom is 0.275 e. The molecule has 2 aliphatic rings. The van der Waals surface area contributed by atoms with Gasteiger partial charge in [-0.25, -0.2) is 8.78 Å². The topological polar surface area (TPSA) is 80.6 Å². The van der Waals surface area contributed by atoms with Crippen LogP contribution in [0.25, 0.3) is 0 Å². The fraction of sp³-hybridized carbons (Fsp3) is 0.233. The number of halogens is 2. The minimum atomic E-state index is -0.778. The number of fused-ring (bicyclic) bond motifs is 4. The average molecular weight is 532 g/mol. The molecule has 2 unspecified atom stereocenters. The highest BCUT2D eigenvalue weighted by atomic mass is 19.1. The lowest BCUT2D eigenvalue weighted by Crippen LogP contribution is -2.48. The SMILES string of the molecule is C=C1C=CC(C)N2CC1n1cc(C(=O)NCc3ccc(F)c(C)c3F)c(=O)c(OCc3ccccc3)c1C2=O. The Hall–Kier alpha value is -4.53. The lowest BCUT2D eigenvalue weighted by atomic mass is 10.0. The molecule has 0 saturated carbocycles. The molecule has 3 aromatic rings. The van der Waals surface area contributed by atoms with Crippen molar-refractivity contribution >= 4 is 11.8 Å². The second kappa shape index (κ2) is 10.3. The number of aromatic nitrogens is 1. The van der Waals surface area contributed by atoms with Crippen LogP contribution in [0.5, 0.6) is 5.75 Å². The Kier molecular flexibility index (Phi) is 6.91. The molecule has 0 radical (unpaired) electrons. The Morgan fingerprint density at radius 2 is 1.90 bits per heavy atom. The molecule has 1 N–H and O–H groups in total. The zero-order chi connectivity index (χ0) is 27.8. The first-order valence-electron chi connectivity index (χ1n) is 12.5. The Morgan fingerprint density at radius 3 is 2.64 bits per heavy atom. The highest BCUT2D eigenvalue weighted by molar-refractivity contribution is 5.99. The second-order valence-corrected chi connectivity index (χ2v) is 9.71. The number of nitrogens with one attached hydrogen (secondary N) is 1. The van der Waals surface area contributed by atoms with Gasteiger partial charge >= 0.3 is 0 Å². The van der Waals surface area contributed by atoms with Crippen LogP contribution >= 0.6 is 0 Å². The van der Waals surface area contributed by atoms with Gasteiger partial charge in [0.25, 0.3) is 11.8 Å². The molecule has 2 aromatic carbocycles. The molecule has 2 bridgehead atoms. The van der Waals surface area contributed by atoms with Crippen molar-refractivity contribution in [2.45, 2.75) is 39.1 Å². The van der Waals surface area contributed by atoms with E-state index in [1.807, 2.05) is 49.4 Å². The van der Waals surface area contributed by atoms with Gasteiger partial charge in [0.15, 0.2) is 11.4 Å². The zero-order valence-electron chi connectivity index (χ0n) is 21.5. The second-order valence-electron chi connectivity index (χ2n) is 9.71. The number of ether oxygens (including phenoxy) is 1. The van der Waals surface area contributed by atoms with Gasteiger partial charge in [-0.05, 0) is 31.1 Å². The minimum Gasteiger partial charge on any atom is -0.483 e. The Balaban J connectivity index is 1.57. The number of hydrogen-bond acceptors (Lipinski definition) is 4. The fourth-order valence-corrected chi connectivity index (χ4v) is 4.83. The van der Waals surface area contributed by atoms with E-state index in [-0.39, 0.29) is 47.3 Å². The maximum atomic E-state index is 14.5. The van der Waals surface area contributed by atoms with Crippen LogP contribution in [-0.2, 0) is 13.2 Å². The number of rotatable bonds is 6. The van der Waals surface area contributed by atoms with Crippen molar-refractivity contribution in [1.29, 1.82) is 0 Å². The van der Waals surface area contributed by atoms with Crippen molar-refractivity contribution in [2.24, 2.45) is 0 Å². The van der Waals surface area contributed by atoms with Crippen molar-refractivity contribution in [1.82, 2.24) is 14.8 Å². The van der Waals surface area contributed by atoms with Crippen molar-refractivity contribution < 1.29 is 23.1 Å². The Bertz CT molecular complexity index is 1580. The quantitative estimate of drug-likeness (QED) is 0.510. The third kappa shape index (κ3) is 4.76. The Labute approximate surface area is 224 Å². The first kappa shape index (κ1) is 26.1. The number of hydrogen-bond donors (Lipinski definition) is 1. The normalized spacial score (nSPS) is 18.0. The van der Waals surface area contributed by atoms with Crippen molar-refractivity contribution in [2.75, 3.05) is 6.54 Å². The lowest BCUT2D eigenvalue weighted by molar-refractivity contribution is 0.0640. The molecule has 39 heavy (non-hydrogen) atoms. The lowest BCUT2D eigenvalue weighted by Gasteiger charge is -2.37. The molecule has 2 amide bonds. The van der Waals surface area contributed by atoms with Gasteiger partial charge in [0.2, 0.25) is 5.43 Å². The predicted octanol–water partition coefficient (Wildman–Crippen LogP) is 4.46. The van der Waals surface area contributed by atoms with E-state index in [2.05, 4.69) is 11.9 Å². The molecule has 5 rings (SSSR count). The number of amides is 2. The molecule has 0 fully saturated rings. The van der Waals surface area contributed by atoms with Gasteiger partial charge in [-0.2, -0.15) is 0 Å². The van der Waals surface area contributed by atoms with E-state index >= 15 is 0 Å². The molecule has 200 valence electrons. The first-order chi connectivity index (χ1) is 18.7. The smallest absolute Gasteiger partial charge is 0.275 e. The van der Waals surface area contributed by atoms with E-state index in [0.29, 0.717) is 12.1 Å². The zero-order valence-corrected chi connectivity index (χ0v) is 21.5. The molecule has 0 saturated heterocycles. The van der Waals surface area contributed by atoms with Crippen LogP contribution in [0.1, 0.15) is 50.5 Å². The van der Waals surface area contributed by atoms with Crippen LogP contribution in [0.3, 0.4) is 0 Å². The van der Waals surface area contributed by atoms with Crippen molar-refractivity contribution in [3.63, 3.8) is 0 Å². The molecule has 1 aromatic heterocycles. The summed E-state index contributed by atoms with van der Waals surface area (Å²) < 4.78 is 35.7. The highest BCUT2D eigenvalue weighted by Gasteiger charge is 2.39. The molecular formula is C30H27F2N3O4. The summed E-state index contributed by atoms with van der Waals surface area (Å²) >= 11 is 0. The highest BCUT2D eigenvalue weighted by Crippen LogP contribution is 2.34. The first-order valence-corrected chi connectivity index (χ1v) is 12.5. The van der Waals surface area contributed by atoms with E-state index < -0.39 is 34.9 Å². The van der Waals surface area contributed by atoms with E-state index in [1.165, 1.54) is 19.2 Å². The van der Waals surface area contributed by atoms with Gasteiger partial charge in [-0.3, -0.25) is 14.4 Å². The summed E-state index contributed by atoms with van der Waals surface area (Å²) in [5, 5.41) is 2.55. The molecule has 9 heteroatoms. The summed E-state index contributed by atoms with van der Waals surface area (Å²) in [6.07, 6.45) is 5.03. The van der Waals surface area contributed by atoms with Crippen LogP contribution in [0.15, 0.2) is 77.8 Å². The molecule has 2 atom stereocenters. The third-order valence-corrected chi connectivity index (χ3v) is 7.18. The van der Waals surface area contributed by atoms with E-state index in [4.69, 9.17) is 4.74 Å². The molecule has 0 aliphatic carbocycles.